The minimum atomic E-state index is -0.0985. The van der Waals surface area contributed by atoms with Crippen molar-refractivity contribution in [3.8, 4) is 44.5 Å². The molecule has 0 bridgehead atoms. The van der Waals surface area contributed by atoms with Crippen LogP contribution in [0.5, 0.6) is 0 Å². The molecular formula is C53H39N. The molecular weight excluding hydrogens is 651 g/mol. The van der Waals surface area contributed by atoms with Crippen molar-refractivity contribution in [3.63, 3.8) is 0 Å². The van der Waals surface area contributed by atoms with E-state index in [1.54, 1.807) is 0 Å². The molecule has 0 spiro atoms. The van der Waals surface area contributed by atoms with Crippen LogP contribution in [0.1, 0.15) is 25.0 Å². The van der Waals surface area contributed by atoms with Crippen LogP contribution in [-0.2, 0) is 5.41 Å². The van der Waals surface area contributed by atoms with Crippen molar-refractivity contribution in [2.24, 2.45) is 0 Å². The molecule has 0 amide bonds. The molecule has 0 atom stereocenters. The maximum atomic E-state index is 2.42. The minimum absolute atomic E-state index is 0.0985. The molecule has 0 heterocycles. The quantitative estimate of drug-likeness (QED) is 0.157. The van der Waals surface area contributed by atoms with E-state index in [9.17, 15) is 0 Å². The van der Waals surface area contributed by atoms with Crippen LogP contribution >= 0.6 is 0 Å². The van der Waals surface area contributed by atoms with Crippen molar-refractivity contribution in [2.45, 2.75) is 19.3 Å². The summed E-state index contributed by atoms with van der Waals surface area (Å²) in [6.45, 7) is 4.71. The molecule has 0 saturated carbocycles. The summed E-state index contributed by atoms with van der Waals surface area (Å²) in [5.41, 5.74) is 16.0. The number of fused-ring (bicyclic) bond motifs is 6. The third-order valence-electron chi connectivity index (χ3n) is 11.5. The fraction of sp³-hybridized carbons (Fsp3) is 0.0566. The van der Waals surface area contributed by atoms with Gasteiger partial charge >= 0.3 is 0 Å². The van der Waals surface area contributed by atoms with Gasteiger partial charge in [0.2, 0.25) is 0 Å². The molecule has 1 nitrogen and oxygen atoms in total. The van der Waals surface area contributed by atoms with Gasteiger partial charge in [0.25, 0.3) is 0 Å². The molecule has 0 aliphatic heterocycles. The van der Waals surface area contributed by atoms with Crippen molar-refractivity contribution in [1.82, 2.24) is 0 Å². The predicted molar refractivity (Wildman–Crippen MR) is 230 cm³/mol. The van der Waals surface area contributed by atoms with Gasteiger partial charge in [0.15, 0.2) is 0 Å². The molecule has 0 aromatic heterocycles. The molecule has 0 N–H and O–H groups in total. The Morgan fingerprint density at radius 1 is 0.296 bits per heavy atom. The van der Waals surface area contributed by atoms with Gasteiger partial charge in [-0.05, 0) is 114 Å². The minimum Gasteiger partial charge on any atom is -0.310 e. The van der Waals surface area contributed by atoms with Gasteiger partial charge in [0, 0.05) is 22.5 Å². The Balaban J connectivity index is 1.12. The number of rotatable bonds is 6. The summed E-state index contributed by atoms with van der Waals surface area (Å²) in [5, 5.41) is 5.06. The second kappa shape index (κ2) is 12.8. The van der Waals surface area contributed by atoms with Crippen molar-refractivity contribution in [3.05, 3.63) is 211 Å². The third-order valence-corrected chi connectivity index (χ3v) is 11.5. The van der Waals surface area contributed by atoms with Crippen molar-refractivity contribution < 1.29 is 0 Å². The van der Waals surface area contributed by atoms with E-state index in [0.717, 1.165) is 17.1 Å². The van der Waals surface area contributed by atoms with Crippen LogP contribution in [0.4, 0.5) is 17.1 Å². The Bertz CT molecular complexity index is 2830. The van der Waals surface area contributed by atoms with E-state index >= 15 is 0 Å². The Hall–Kier alpha value is -6.70. The standard InChI is InChI=1S/C53H39N/c1-53(2)51-25-10-9-20-49(51)50-31-30-42(35-52(50)53)54(40-28-26-37(27-29-40)36-14-5-3-6-15-36)41-19-11-18-39(34-41)44-22-13-24-46-45-23-12-21-43(38-16-7-4-8-17-38)47(45)32-33-48(44)46/h3-35H,1-2H3. The lowest BCUT2D eigenvalue weighted by Crippen LogP contribution is -2.16. The van der Waals surface area contributed by atoms with E-state index < -0.39 is 0 Å². The van der Waals surface area contributed by atoms with Crippen LogP contribution in [0.2, 0.25) is 0 Å². The van der Waals surface area contributed by atoms with Crippen molar-refractivity contribution in [1.29, 1.82) is 0 Å². The monoisotopic (exact) mass is 689 g/mol. The molecule has 9 aromatic rings. The van der Waals surface area contributed by atoms with Crippen LogP contribution < -0.4 is 4.90 Å². The largest absolute Gasteiger partial charge is 0.310 e. The Morgan fingerprint density at radius 3 is 1.50 bits per heavy atom. The SMILES string of the molecule is CC1(C)c2ccccc2-c2ccc(N(c3ccc(-c4ccccc4)cc3)c3cccc(-c4cccc5c4ccc4c(-c6ccccc6)cccc45)c3)cc21. The maximum absolute atomic E-state index is 2.42. The first kappa shape index (κ1) is 32.0. The molecule has 9 aromatic carbocycles. The summed E-state index contributed by atoms with van der Waals surface area (Å²) >= 11 is 0. The van der Waals surface area contributed by atoms with Crippen LogP contribution in [0.25, 0.3) is 66.1 Å². The number of nitrogens with zero attached hydrogens (tertiary/aromatic N) is 1. The number of hydrogen-bond donors (Lipinski definition) is 0. The first-order valence-corrected chi connectivity index (χ1v) is 18.8. The smallest absolute Gasteiger partial charge is 0.0467 e. The second-order valence-electron chi connectivity index (χ2n) is 14.9. The molecule has 0 fully saturated rings. The zero-order chi connectivity index (χ0) is 36.2. The van der Waals surface area contributed by atoms with E-state index in [4.69, 9.17) is 0 Å². The number of hydrogen-bond acceptors (Lipinski definition) is 1. The summed E-state index contributed by atoms with van der Waals surface area (Å²) in [4.78, 5) is 2.42. The second-order valence-corrected chi connectivity index (χ2v) is 14.9. The van der Waals surface area contributed by atoms with E-state index in [0.29, 0.717) is 0 Å². The van der Waals surface area contributed by atoms with Gasteiger partial charge in [0.05, 0.1) is 0 Å². The highest BCUT2D eigenvalue weighted by atomic mass is 15.1. The van der Waals surface area contributed by atoms with Gasteiger partial charge in [-0.3, -0.25) is 0 Å². The molecule has 10 rings (SSSR count). The molecule has 0 saturated heterocycles. The fourth-order valence-electron chi connectivity index (χ4n) is 8.77. The molecule has 54 heavy (non-hydrogen) atoms. The summed E-state index contributed by atoms with van der Waals surface area (Å²) < 4.78 is 0. The van der Waals surface area contributed by atoms with Gasteiger partial charge < -0.3 is 4.90 Å². The van der Waals surface area contributed by atoms with Gasteiger partial charge in [-0.1, -0.05) is 178 Å². The molecule has 1 aliphatic carbocycles. The molecule has 0 radical (unpaired) electrons. The zero-order valence-electron chi connectivity index (χ0n) is 30.5. The average Bonchev–Trinajstić information content (AvgIpc) is 3.46. The van der Waals surface area contributed by atoms with E-state index in [2.05, 4.69) is 219 Å². The fourth-order valence-corrected chi connectivity index (χ4v) is 8.77. The summed E-state index contributed by atoms with van der Waals surface area (Å²) in [7, 11) is 0. The van der Waals surface area contributed by atoms with Gasteiger partial charge in [-0.25, -0.2) is 0 Å². The first-order valence-electron chi connectivity index (χ1n) is 18.8. The third kappa shape index (κ3) is 5.24. The first-order chi connectivity index (χ1) is 26.5. The topological polar surface area (TPSA) is 3.24 Å². The van der Waals surface area contributed by atoms with Crippen LogP contribution in [0, 0.1) is 0 Å². The van der Waals surface area contributed by atoms with E-state index in [-0.39, 0.29) is 5.41 Å². The van der Waals surface area contributed by atoms with Gasteiger partial charge in [-0.15, -0.1) is 0 Å². The maximum Gasteiger partial charge on any atom is 0.0467 e. The van der Waals surface area contributed by atoms with Gasteiger partial charge in [0.1, 0.15) is 0 Å². The highest BCUT2D eigenvalue weighted by Gasteiger charge is 2.35. The van der Waals surface area contributed by atoms with Gasteiger partial charge in [-0.2, -0.15) is 0 Å². The Kier molecular flexibility index (Phi) is 7.56. The van der Waals surface area contributed by atoms with Crippen LogP contribution in [0.15, 0.2) is 200 Å². The summed E-state index contributed by atoms with van der Waals surface area (Å²) in [5.74, 6) is 0. The highest BCUT2D eigenvalue weighted by molar-refractivity contribution is 6.15. The number of anilines is 3. The Morgan fingerprint density at radius 2 is 0.796 bits per heavy atom. The summed E-state index contributed by atoms with van der Waals surface area (Å²) in [6, 6.07) is 73.3. The molecule has 1 heteroatoms. The molecule has 0 unspecified atom stereocenters. The normalized spacial score (nSPS) is 12.8. The van der Waals surface area contributed by atoms with E-state index in [1.807, 2.05) is 0 Å². The van der Waals surface area contributed by atoms with Crippen molar-refractivity contribution in [2.75, 3.05) is 4.90 Å². The lowest BCUT2D eigenvalue weighted by atomic mass is 9.82. The lowest BCUT2D eigenvalue weighted by molar-refractivity contribution is 0.660. The predicted octanol–water partition coefficient (Wildman–Crippen LogP) is 14.8. The lowest BCUT2D eigenvalue weighted by Gasteiger charge is -2.28. The summed E-state index contributed by atoms with van der Waals surface area (Å²) in [6.07, 6.45) is 0. The van der Waals surface area contributed by atoms with Crippen LogP contribution in [-0.4, -0.2) is 0 Å². The van der Waals surface area contributed by atoms with Crippen LogP contribution in [0.3, 0.4) is 0 Å². The molecule has 1 aliphatic rings. The zero-order valence-corrected chi connectivity index (χ0v) is 30.5. The molecule has 256 valence electrons. The highest BCUT2D eigenvalue weighted by Crippen LogP contribution is 2.51. The van der Waals surface area contributed by atoms with E-state index in [1.165, 1.54) is 77.2 Å². The number of benzene rings is 9. The van der Waals surface area contributed by atoms with Crippen molar-refractivity contribution >= 4 is 38.6 Å². The Labute approximate surface area is 317 Å². The average molecular weight is 690 g/mol.